The Hall–Kier alpha value is -5.74. The van der Waals surface area contributed by atoms with Gasteiger partial charge >= 0.3 is 6.03 Å². The molecule has 3 saturated heterocycles. The molecule has 60 heavy (non-hydrogen) atoms. The van der Waals surface area contributed by atoms with Gasteiger partial charge in [0, 0.05) is 107 Å². The van der Waals surface area contributed by atoms with Crippen LogP contribution in [0, 0.1) is 5.92 Å². The van der Waals surface area contributed by atoms with Gasteiger partial charge in [-0.25, -0.2) is 4.79 Å². The summed E-state index contributed by atoms with van der Waals surface area (Å²) in [5.74, 6) is -2.22. The van der Waals surface area contributed by atoms with E-state index >= 15 is 0 Å². The van der Waals surface area contributed by atoms with Gasteiger partial charge in [-0.05, 0) is 86.0 Å². The molecule has 6 heterocycles. The molecular formula is C44H54N8O8. The Bertz CT molecular complexity index is 2600. The molecule has 1 atom stereocenters. The molecule has 2 aromatic carbocycles. The number of urea groups is 1. The summed E-state index contributed by atoms with van der Waals surface area (Å²) in [6.45, 7) is -11.9. The number of piperazine rings is 1. The standard InChI is InChI=1S/C44H54N8O8/c1-45-44(58)51-16-12-30-33(24-47(2)41(55)34(30)26-51)28-21-37(59-3)35(38(22-28)60-4)25-49-19-17-48(18-20-49)13-9-27-10-14-50(15-11-27)29-5-6-31-32(23-29)43(57)52(42(31)56)36-7-8-39(53)46-40(36)54/h5-6,21-24,27,36H,7-20,25-26H2,1-4H3,(H,45,58)(H,46,53,54)/i17D2,18D2,19D2,20D2. The van der Waals surface area contributed by atoms with Crippen LogP contribution in [0.4, 0.5) is 10.5 Å². The van der Waals surface area contributed by atoms with Crippen LogP contribution in [-0.2, 0) is 36.1 Å². The van der Waals surface area contributed by atoms with Crippen LogP contribution in [0.15, 0.2) is 41.3 Å². The molecule has 0 bridgehead atoms. The summed E-state index contributed by atoms with van der Waals surface area (Å²) >= 11 is 0. The fraction of sp³-hybridized carbons (Fsp3) is 0.500. The average Bonchev–Trinajstić information content (AvgIpc) is 3.55. The van der Waals surface area contributed by atoms with E-state index < -0.39 is 62.2 Å². The number of benzene rings is 2. The van der Waals surface area contributed by atoms with Gasteiger partial charge in [-0.2, -0.15) is 0 Å². The molecule has 16 nitrogen and oxygen atoms in total. The van der Waals surface area contributed by atoms with Crippen LogP contribution in [-0.4, -0.2) is 133 Å². The number of carbonyl (C=O) groups is 5. The van der Waals surface area contributed by atoms with Crippen molar-refractivity contribution in [2.75, 3.05) is 78.3 Å². The SMILES string of the molecule is [2H]C1([2H])N(CCC2CCN(c3ccc4c(c3)C(=O)N(C3CCC(=O)NC3=O)C4=O)CC2)C([2H])([2H])C([2H])([2H])N(Cc2c(OC)cc(-c3cn(C)c(=O)c4c3CCN(C(=O)NC)C4)cc2OC)C1([2H])[2H]. The number of nitrogens with one attached hydrogen (secondary N) is 2. The molecule has 5 aliphatic heterocycles. The van der Waals surface area contributed by atoms with Crippen molar-refractivity contribution in [2.24, 2.45) is 13.0 Å². The number of aromatic nitrogens is 1. The van der Waals surface area contributed by atoms with Crippen molar-refractivity contribution in [3.63, 3.8) is 0 Å². The van der Waals surface area contributed by atoms with Gasteiger partial charge in [-0.3, -0.25) is 39.1 Å². The molecule has 0 saturated carbocycles. The Morgan fingerprint density at radius 1 is 0.850 bits per heavy atom. The summed E-state index contributed by atoms with van der Waals surface area (Å²) in [5.41, 5.74) is 3.21. The minimum atomic E-state index is -3.12. The molecule has 0 radical (unpaired) electrons. The number of rotatable bonds is 10. The number of hydrogen-bond acceptors (Lipinski definition) is 11. The highest BCUT2D eigenvalue weighted by molar-refractivity contribution is 6.23. The average molecular weight is 831 g/mol. The van der Waals surface area contributed by atoms with Gasteiger partial charge in [0.1, 0.15) is 17.5 Å². The van der Waals surface area contributed by atoms with Crippen molar-refractivity contribution in [3.8, 4) is 22.6 Å². The molecule has 3 aromatic rings. The lowest BCUT2D eigenvalue weighted by molar-refractivity contribution is -0.136. The van der Waals surface area contributed by atoms with Crippen molar-refractivity contribution in [3.05, 3.63) is 74.7 Å². The van der Waals surface area contributed by atoms with Crippen molar-refractivity contribution in [1.29, 1.82) is 0 Å². The van der Waals surface area contributed by atoms with Crippen LogP contribution in [0.25, 0.3) is 11.1 Å². The predicted molar refractivity (Wildman–Crippen MR) is 223 cm³/mol. The van der Waals surface area contributed by atoms with E-state index in [1.54, 1.807) is 43.6 Å². The molecule has 5 aliphatic rings. The molecule has 1 unspecified atom stereocenters. The lowest BCUT2D eigenvalue weighted by Crippen LogP contribution is -2.54. The first-order valence-corrected chi connectivity index (χ1v) is 20.1. The number of piperidine rings is 2. The summed E-state index contributed by atoms with van der Waals surface area (Å²) in [5, 5.41) is 4.78. The molecule has 1 aromatic heterocycles. The van der Waals surface area contributed by atoms with Crippen molar-refractivity contribution in [1.82, 2.24) is 34.8 Å². The number of fused-ring (bicyclic) bond motifs is 2. The fourth-order valence-corrected chi connectivity index (χ4v) is 8.77. The molecular weight excluding hydrogens is 769 g/mol. The van der Waals surface area contributed by atoms with E-state index in [0.717, 1.165) is 10.5 Å². The Morgan fingerprint density at radius 3 is 2.20 bits per heavy atom. The van der Waals surface area contributed by atoms with Crippen LogP contribution in [0.2, 0.25) is 0 Å². The number of methoxy groups -OCH3 is 2. The third-order valence-corrected chi connectivity index (χ3v) is 12.1. The zero-order chi connectivity index (χ0) is 49.4. The number of nitrogens with zero attached hydrogens (tertiary/aromatic N) is 6. The normalized spacial score (nSPS) is 25.6. The zero-order valence-corrected chi connectivity index (χ0v) is 34.1. The summed E-state index contributed by atoms with van der Waals surface area (Å²) in [6, 6.07) is 6.72. The zero-order valence-electron chi connectivity index (χ0n) is 42.1. The lowest BCUT2D eigenvalue weighted by Gasteiger charge is -2.37. The molecule has 8 rings (SSSR count). The first kappa shape index (κ1) is 32.1. The largest absolute Gasteiger partial charge is 0.496 e. The number of carbonyl (C=O) groups excluding carboxylic acids is 5. The first-order chi connectivity index (χ1) is 32.0. The number of pyridine rings is 1. The summed E-state index contributed by atoms with van der Waals surface area (Å²) < 4.78 is 86.3. The van der Waals surface area contributed by atoms with Crippen LogP contribution >= 0.6 is 0 Å². The fourth-order valence-electron chi connectivity index (χ4n) is 8.77. The first-order valence-electron chi connectivity index (χ1n) is 24.1. The minimum Gasteiger partial charge on any atom is -0.496 e. The van der Waals surface area contributed by atoms with Crippen LogP contribution in [0.3, 0.4) is 0 Å². The molecule has 6 amide bonds. The van der Waals surface area contributed by atoms with Gasteiger partial charge in [0.15, 0.2) is 0 Å². The monoisotopic (exact) mass is 830 g/mol. The van der Waals surface area contributed by atoms with Gasteiger partial charge in [-0.15, -0.1) is 0 Å². The minimum absolute atomic E-state index is 0.00468. The van der Waals surface area contributed by atoms with E-state index in [0.29, 0.717) is 71.1 Å². The van der Waals surface area contributed by atoms with Gasteiger partial charge in [-0.1, -0.05) is 0 Å². The van der Waals surface area contributed by atoms with Crippen LogP contribution < -0.4 is 30.6 Å². The van der Waals surface area contributed by atoms with E-state index in [1.165, 1.54) is 30.7 Å². The molecule has 0 aliphatic carbocycles. The molecule has 318 valence electrons. The number of aryl methyl sites for hydroxylation is 1. The lowest BCUT2D eigenvalue weighted by atomic mass is 9.91. The number of amides is 6. The topological polar surface area (TPSA) is 166 Å². The Balaban J connectivity index is 0.975. The Morgan fingerprint density at radius 2 is 1.53 bits per heavy atom. The van der Waals surface area contributed by atoms with E-state index in [4.69, 9.17) is 15.0 Å². The predicted octanol–water partition coefficient (Wildman–Crippen LogP) is 2.59. The number of anilines is 1. The summed E-state index contributed by atoms with van der Waals surface area (Å²) in [7, 11) is 5.83. The molecule has 3 fully saturated rings. The highest BCUT2D eigenvalue weighted by Gasteiger charge is 2.45. The van der Waals surface area contributed by atoms with E-state index in [9.17, 15) is 34.3 Å². The highest BCUT2D eigenvalue weighted by Crippen LogP contribution is 2.39. The maximum absolute atomic E-state index is 13.4. The van der Waals surface area contributed by atoms with E-state index in [1.807, 2.05) is 4.90 Å². The van der Waals surface area contributed by atoms with Gasteiger partial charge < -0.3 is 34.1 Å². The smallest absolute Gasteiger partial charge is 0.317 e. The van der Waals surface area contributed by atoms with E-state index in [2.05, 4.69) is 10.6 Å². The van der Waals surface area contributed by atoms with Crippen molar-refractivity contribution in [2.45, 2.75) is 57.7 Å². The maximum atomic E-state index is 13.4. The van der Waals surface area contributed by atoms with Gasteiger partial charge in [0.25, 0.3) is 17.4 Å². The second-order valence-electron chi connectivity index (χ2n) is 15.6. The number of imide groups is 2. The summed E-state index contributed by atoms with van der Waals surface area (Å²) in [4.78, 5) is 82.3. The van der Waals surface area contributed by atoms with E-state index in [-0.39, 0.29) is 78.0 Å². The number of hydrogen-bond donors (Lipinski definition) is 2. The molecule has 16 heteroatoms. The Labute approximate surface area is 360 Å². The highest BCUT2D eigenvalue weighted by atomic mass is 16.5. The Kier molecular flexibility index (Phi) is 9.14. The quantitative estimate of drug-likeness (QED) is 0.289. The maximum Gasteiger partial charge on any atom is 0.317 e. The van der Waals surface area contributed by atoms with Crippen LogP contribution in [0.1, 0.15) is 80.5 Å². The van der Waals surface area contributed by atoms with Gasteiger partial charge in [0.2, 0.25) is 11.8 Å². The van der Waals surface area contributed by atoms with Crippen molar-refractivity contribution < 1.29 is 44.4 Å². The molecule has 0 spiro atoms. The van der Waals surface area contributed by atoms with Gasteiger partial charge in [0.05, 0.1) is 37.5 Å². The van der Waals surface area contributed by atoms with Crippen molar-refractivity contribution >= 4 is 35.3 Å². The second kappa shape index (κ2) is 17.1. The third kappa shape index (κ3) is 7.85. The second-order valence-corrected chi connectivity index (χ2v) is 15.6. The summed E-state index contributed by atoms with van der Waals surface area (Å²) in [6.07, 6.45) is 3.41. The third-order valence-electron chi connectivity index (χ3n) is 12.1. The number of ether oxygens (including phenoxy) is 2. The molecule has 2 N–H and O–H groups in total. The van der Waals surface area contributed by atoms with Crippen LogP contribution in [0.5, 0.6) is 11.5 Å².